The molecule has 0 amide bonds. The fourth-order valence-electron chi connectivity index (χ4n) is 5.95. The summed E-state index contributed by atoms with van der Waals surface area (Å²) in [6.45, 7) is 10.2. The largest absolute Gasteiger partial charge is 0.494 e. The van der Waals surface area contributed by atoms with E-state index in [0.717, 1.165) is 65.6 Å². The van der Waals surface area contributed by atoms with E-state index in [-0.39, 0.29) is 0 Å². The second-order valence-corrected chi connectivity index (χ2v) is 11.7. The minimum atomic E-state index is -0.818. The van der Waals surface area contributed by atoms with Crippen molar-refractivity contribution in [2.45, 2.75) is 84.7 Å². The molecule has 0 unspecified atom stereocenters. The van der Waals surface area contributed by atoms with E-state index in [0.29, 0.717) is 0 Å². The molecular formula is C39H46O3. The Bertz CT molecular complexity index is 1380. The standard InChI is InChI=1S/C39H46O3/c1-5-7-9-11-25-40-33-19-15-31(16-20-33)39(32-17-21-34(22-18-32)41-26-12-10-8-6-2)37-27-29(3)13-23-35(37)36-24-14-30(4)28-38(36)42-39/h13-24,27-28H,5-12,25-26H2,1-4H3. The minimum absolute atomic E-state index is 0.746. The number of hydrogen-bond donors (Lipinski definition) is 0. The molecule has 220 valence electrons. The highest BCUT2D eigenvalue weighted by atomic mass is 16.5. The van der Waals surface area contributed by atoms with Gasteiger partial charge in [0.15, 0.2) is 5.60 Å². The Labute approximate surface area is 252 Å². The Hall–Kier alpha value is -3.72. The number of fused-ring (bicyclic) bond motifs is 3. The van der Waals surface area contributed by atoms with Crippen LogP contribution in [0.15, 0.2) is 84.9 Å². The first kappa shape index (κ1) is 29.8. The van der Waals surface area contributed by atoms with Gasteiger partial charge in [0.1, 0.15) is 17.2 Å². The molecule has 0 atom stereocenters. The van der Waals surface area contributed by atoms with Crippen LogP contribution in [0.1, 0.15) is 93.0 Å². The average Bonchev–Trinajstić information content (AvgIpc) is 3.01. The van der Waals surface area contributed by atoms with Crippen LogP contribution in [-0.4, -0.2) is 13.2 Å². The Morgan fingerprint density at radius 2 is 1.05 bits per heavy atom. The molecule has 0 saturated heterocycles. The van der Waals surface area contributed by atoms with Crippen LogP contribution >= 0.6 is 0 Å². The fraction of sp³-hybridized carbons (Fsp3) is 0.385. The zero-order valence-corrected chi connectivity index (χ0v) is 25.9. The lowest BCUT2D eigenvalue weighted by Crippen LogP contribution is -2.38. The SMILES string of the molecule is CCCCCCOc1ccc(C2(c3ccc(OCCCCCC)cc3)Oc3cc(C)ccc3-c3ccc(C)cc32)cc1. The van der Waals surface area contributed by atoms with E-state index >= 15 is 0 Å². The molecule has 0 fully saturated rings. The van der Waals surface area contributed by atoms with Crippen molar-refractivity contribution in [3.8, 4) is 28.4 Å². The molecule has 3 heteroatoms. The Morgan fingerprint density at radius 3 is 1.57 bits per heavy atom. The summed E-state index contributed by atoms with van der Waals surface area (Å²) in [5.74, 6) is 2.70. The normalized spacial score (nSPS) is 13.1. The van der Waals surface area contributed by atoms with E-state index in [9.17, 15) is 0 Å². The molecule has 1 aliphatic heterocycles. The minimum Gasteiger partial charge on any atom is -0.494 e. The molecule has 0 aromatic heterocycles. The van der Waals surface area contributed by atoms with Crippen LogP contribution in [0.2, 0.25) is 0 Å². The number of benzene rings is 4. The second kappa shape index (κ2) is 14.0. The van der Waals surface area contributed by atoms with Gasteiger partial charge in [0.25, 0.3) is 0 Å². The maximum atomic E-state index is 7.20. The van der Waals surface area contributed by atoms with E-state index in [2.05, 4.69) is 113 Å². The lowest BCUT2D eigenvalue weighted by molar-refractivity contribution is 0.151. The van der Waals surface area contributed by atoms with Crippen molar-refractivity contribution in [2.24, 2.45) is 0 Å². The molecule has 0 aliphatic carbocycles. The number of rotatable bonds is 14. The average molecular weight is 563 g/mol. The summed E-state index contributed by atoms with van der Waals surface area (Å²) in [5.41, 5.74) is 7.20. The quantitative estimate of drug-likeness (QED) is 0.143. The van der Waals surface area contributed by atoms with Crippen molar-refractivity contribution in [1.82, 2.24) is 0 Å². The molecular weight excluding hydrogens is 516 g/mol. The number of hydrogen-bond acceptors (Lipinski definition) is 3. The van der Waals surface area contributed by atoms with E-state index < -0.39 is 5.60 Å². The first-order valence-corrected chi connectivity index (χ1v) is 15.9. The van der Waals surface area contributed by atoms with Crippen LogP contribution in [0, 0.1) is 13.8 Å². The topological polar surface area (TPSA) is 27.7 Å². The van der Waals surface area contributed by atoms with Gasteiger partial charge in [-0.25, -0.2) is 0 Å². The highest BCUT2D eigenvalue weighted by Gasteiger charge is 2.44. The van der Waals surface area contributed by atoms with Gasteiger partial charge < -0.3 is 14.2 Å². The molecule has 4 aromatic carbocycles. The van der Waals surface area contributed by atoms with Crippen LogP contribution in [0.25, 0.3) is 11.1 Å². The molecule has 1 heterocycles. The van der Waals surface area contributed by atoms with Crippen molar-refractivity contribution in [2.75, 3.05) is 13.2 Å². The van der Waals surface area contributed by atoms with Gasteiger partial charge in [0.2, 0.25) is 0 Å². The molecule has 4 aromatic rings. The molecule has 0 bridgehead atoms. The third-order valence-corrected chi connectivity index (χ3v) is 8.30. The highest BCUT2D eigenvalue weighted by Crippen LogP contribution is 2.52. The molecule has 5 rings (SSSR count). The fourth-order valence-corrected chi connectivity index (χ4v) is 5.95. The number of ether oxygens (including phenoxy) is 3. The summed E-state index contributed by atoms with van der Waals surface area (Å²) >= 11 is 0. The summed E-state index contributed by atoms with van der Waals surface area (Å²) in [4.78, 5) is 0. The summed E-state index contributed by atoms with van der Waals surface area (Å²) in [7, 11) is 0. The third-order valence-electron chi connectivity index (χ3n) is 8.30. The van der Waals surface area contributed by atoms with Gasteiger partial charge in [0, 0.05) is 22.3 Å². The van der Waals surface area contributed by atoms with Gasteiger partial charge in [-0.15, -0.1) is 0 Å². The van der Waals surface area contributed by atoms with Gasteiger partial charge in [-0.3, -0.25) is 0 Å². The van der Waals surface area contributed by atoms with Gasteiger partial charge in [-0.2, -0.15) is 0 Å². The molecule has 1 aliphatic rings. The van der Waals surface area contributed by atoms with Crippen LogP contribution in [0.5, 0.6) is 17.2 Å². The first-order valence-electron chi connectivity index (χ1n) is 15.9. The summed E-state index contributed by atoms with van der Waals surface area (Å²) in [6, 6.07) is 30.3. The molecule has 0 spiro atoms. The van der Waals surface area contributed by atoms with Crippen LogP contribution < -0.4 is 14.2 Å². The van der Waals surface area contributed by atoms with Crippen molar-refractivity contribution >= 4 is 0 Å². The first-order chi connectivity index (χ1) is 20.5. The van der Waals surface area contributed by atoms with Crippen molar-refractivity contribution < 1.29 is 14.2 Å². The molecule has 0 saturated carbocycles. The Kier molecular flexibility index (Phi) is 9.89. The maximum Gasteiger partial charge on any atom is 0.185 e. The predicted octanol–water partition coefficient (Wildman–Crippen LogP) is 10.6. The zero-order valence-electron chi connectivity index (χ0n) is 25.9. The zero-order chi connectivity index (χ0) is 29.4. The maximum absolute atomic E-state index is 7.20. The third kappa shape index (κ3) is 6.51. The van der Waals surface area contributed by atoms with Crippen LogP contribution in [-0.2, 0) is 5.60 Å². The van der Waals surface area contributed by atoms with E-state index in [1.54, 1.807) is 0 Å². The van der Waals surface area contributed by atoms with Crippen molar-refractivity contribution in [3.05, 3.63) is 113 Å². The monoisotopic (exact) mass is 562 g/mol. The van der Waals surface area contributed by atoms with Gasteiger partial charge in [0.05, 0.1) is 13.2 Å². The molecule has 3 nitrogen and oxygen atoms in total. The number of unbranched alkanes of at least 4 members (excludes halogenated alkanes) is 6. The number of aryl methyl sites for hydroxylation is 2. The Balaban J connectivity index is 1.54. The van der Waals surface area contributed by atoms with Gasteiger partial charge >= 0.3 is 0 Å². The summed E-state index contributed by atoms with van der Waals surface area (Å²) in [6.07, 6.45) is 9.54. The Morgan fingerprint density at radius 1 is 0.548 bits per heavy atom. The smallest absolute Gasteiger partial charge is 0.185 e. The summed E-state index contributed by atoms with van der Waals surface area (Å²) in [5, 5.41) is 0. The van der Waals surface area contributed by atoms with E-state index in [1.807, 2.05) is 0 Å². The second-order valence-electron chi connectivity index (χ2n) is 11.7. The van der Waals surface area contributed by atoms with Crippen LogP contribution in [0.4, 0.5) is 0 Å². The summed E-state index contributed by atoms with van der Waals surface area (Å²) < 4.78 is 19.4. The molecule has 42 heavy (non-hydrogen) atoms. The van der Waals surface area contributed by atoms with Crippen molar-refractivity contribution in [3.63, 3.8) is 0 Å². The van der Waals surface area contributed by atoms with Gasteiger partial charge in [-0.05, 0) is 68.1 Å². The van der Waals surface area contributed by atoms with Crippen molar-refractivity contribution in [1.29, 1.82) is 0 Å². The predicted molar refractivity (Wildman–Crippen MR) is 174 cm³/mol. The van der Waals surface area contributed by atoms with Gasteiger partial charge in [-0.1, -0.05) is 113 Å². The molecule has 0 radical (unpaired) electrons. The molecule has 0 N–H and O–H groups in total. The lowest BCUT2D eigenvalue weighted by Gasteiger charge is -2.41. The van der Waals surface area contributed by atoms with E-state index in [4.69, 9.17) is 14.2 Å². The van der Waals surface area contributed by atoms with Crippen LogP contribution in [0.3, 0.4) is 0 Å². The highest BCUT2D eigenvalue weighted by molar-refractivity contribution is 5.80. The lowest BCUT2D eigenvalue weighted by atomic mass is 9.74. The van der Waals surface area contributed by atoms with E-state index in [1.165, 1.54) is 55.2 Å².